The number of para-hydroxylation sites is 2. The first-order chi connectivity index (χ1) is 12.7. The summed E-state index contributed by atoms with van der Waals surface area (Å²) < 4.78 is 0. The van der Waals surface area contributed by atoms with Crippen molar-refractivity contribution in [2.75, 3.05) is 11.9 Å². The van der Waals surface area contributed by atoms with Crippen molar-refractivity contribution in [2.24, 2.45) is 0 Å². The minimum atomic E-state index is 0.223. The lowest BCUT2D eigenvalue weighted by atomic mass is 10.1. The number of benzene rings is 2. The lowest BCUT2D eigenvalue weighted by molar-refractivity contribution is 0.424. The molecule has 0 amide bonds. The first kappa shape index (κ1) is 19.3. The number of aliphatic hydroxyl groups excluding tert-OH is 1. The van der Waals surface area contributed by atoms with E-state index in [0.717, 1.165) is 22.4 Å². The van der Waals surface area contributed by atoms with Gasteiger partial charge in [-0.05, 0) is 30.7 Å². The molecule has 0 aliphatic rings. The van der Waals surface area contributed by atoms with Gasteiger partial charge in [-0.2, -0.15) is 0 Å². The summed E-state index contributed by atoms with van der Waals surface area (Å²) in [4.78, 5) is 0. The number of aliphatic hydroxyl groups is 1. The molecule has 0 aliphatic carbocycles. The average Bonchev–Trinajstić information content (AvgIpc) is 2.65. The number of phenolic OH excluding ortho intramolecular Hbond substituents is 1. The summed E-state index contributed by atoms with van der Waals surface area (Å²) in [6, 6.07) is 15.3. The number of hydrogen-bond acceptors (Lipinski definition) is 4. The first-order valence-electron chi connectivity index (χ1n) is 8.62. The molecule has 136 valence electrons. The van der Waals surface area contributed by atoms with Gasteiger partial charge in [0.25, 0.3) is 0 Å². The summed E-state index contributed by atoms with van der Waals surface area (Å²) in [5.41, 5.74) is 3.72. The van der Waals surface area contributed by atoms with Crippen LogP contribution in [0.2, 0.25) is 0 Å². The van der Waals surface area contributed by atoms with E-state index in [9.17, 15) is 10.2 Å². The highest BCUT2D eigenvalue weighted by atomic mass is 16.3. The number of hydrogen-bond donors (Lipinski definition) is 4. The Hall–Kier alpha value is -2.98. The van der Waals surface area contributed by atoms with E-state index >= 15 is 0 Å². The Morgan fingerprint density at radius 1 is 1.04 bits per heavy atom. The van der Waals surface area contributed by atoms with Crippen LogP contribution in [0.25, 0.3) is 0 Å². The van der Waals surface area contributed by atoms with Crippen LogP contribution in [0.15, 0.2) is 84.7 Å². The highest BCUT2D eigenvalue weighted by Gasteiger charge is 2.05. The Morgan fingerprint density at radius 2 is 1.73 bits per heavy atom. The Labute approximate surface area is 155 Å². The first-order valence-corrected chi connectivity index (χ1v) is 8.62. The molecule has 4 nitrogen and oxygen atoms in total. The van der Waals surface area contributed by atoms with Gasteiger partial charge in [0.2, 0.25) is 0 Å². The Morgan fingerprint density at radius 3 is 2.42 bits per heavy atom. The van der Waals surface area contributed by atoms with Gasteiger partial charge in [-0.25, -0.2) is 0 Å². The number of allylic oxidation sites excluding steroid dienone is 2. The summed E-state index contributed by atoms with van der Waals surface area (Å²) in [5, 5.41) is 26.5. The van der Waals surface area contributed by atoms with Gasteiger partial charge >= 0.3 is 0 Å². The highest BCUT2D eigenvalue weighted by Crippen LogP contribution is 2.20. The van der Waals surface area contributed by atoms with Gasteiger partial charge in [-0.15, -0.1) is 0 Å². The van der Waals surface area contributed by atoms with Crippen LogP contribution in [0.4, 0.5) is 5.69 Å². The highest BCUT2D eigenvalue weighted by molar-refractivity contribution is 5.52. The second kappa shape index (κ2) is 10.1. The van der Waals surface area contributed by atoms with Crippen molar-refractivity contribution in [2.45, 2.75) is 20.0 Å². The van der Waals surface area contributed by atoms with Crippen LogP contribution >= 0.6 is 0 Å². The molecule has 2 aromatic carbocycles. The van der Waals surface area contributed by atoms with Crippen LogP contribution < -0.4 is 10.6 Å². The standard InChI is InChI=1S/C22H26N2O2/c1-3-9-21(25)17(4-2)14-23-15-18-10-5-7-12-20(18)24-16-19-11-6-8-13-22(19)26/h3-13,23-26H,2,14-16H2,1H3/b9-3-,21-17-. The minimum absolute atomic E-state index is 0.223. The summed E-state index contributed by atoms with van der Waals surface area (Å²) in [5.74, 6) is 0.511. The van der Waals surface area contributed by atoms with Crippen LogP contribution in [-0.2, 0) is 13.1 Å². The van der Waals surface area contributed by atoms with Crippen molar-refractivity contribution in [3.8, 4) is 5.75 Å². The Bertz CT molecular complexity index is 794. The minimum Gasteiger partial charge on any atom is -0.508 e. The van der Waals surface area contributed by atoms with E-state index in [4.69, 9.17) is 0 Å². The third-order valence-corrected chi connectivity index (χ3v) is 4.01. The maximum absolute atomic E-state index is 9.94. The lowest BCUT2D eigenvalue weighted by Gasteiger charge is -2.14. The van der Waals surface area contributed by atoms with Crippen molar-refractivity contribution >= 4 is 5.69 Å². The third-order valence-electron chi connectivity index (χ3n) is 4.01. The van der Waals surface area contributed by atoms with Crippen LogP contribution in [0, 0.1) is 0 Å². The van der Waals surface area contributed by atoms with Gasteiger partial charge in [0, 0.05) is 36.5 Å². The van der Waals surface area contributed by atoms with Gasteiger partial charge in [-0.1, -0.05) is 55.1 Å². The van der Waals surface area contributed by atoms with Crippen LogP contribution in [0.1, 0.15) is 18.1 Å². The van der Waals surface area contributed by atoms with E-state index in [-0.39, 0.29) is 11.5 Å². The fraction of sp³-hybridized carbons (Fsp3) is 0.182. The lowest BCUT2D eigenvalue weighted by Crippen LogP contribution is -2.18. The quantitative estimate of drug-likeness (QED) is 0.392. The molecule has 0 heterocycles. The zero-order valence-electron chi connectivity index (χ0n) is 15.1. The second-order valence-electron chi connectivity index (χ2n) is 5.86. The van der Waals surface area contributed by atoms with Crippen molar-refractivity contribution in [1.82, 2.24) is 5.32 Å². The molecule has 0 unspecified atom stereocenters. The molecule has 0 aliphatic heterocycles. The molecular formula is C22H26N2O2. The van der Waals surface area contributed by atoms with Gasteiger partial charge in [0.15, 0.2) is 0 Å². The second-order valence-corrected chi connectivity index (χ2v) is 5.86. The number of nitrogens with one attached hydrogen (secondary N) is 2. The third kappa shape index (κ3) is 5.53. The maximum Gasteiger partial charge on any atom is 0.120 e. The van der Waals surface area contributed by atoms with E-state index in [1.54, 1.807) is 24.3 Å². The predicted molar refractivity (Wildman–Crippen MR) is 108 cm³/mol. The molecule has 2 aromatic rings. The molecule has 0 bridgehead atoms. The van der Waals surface area contributed by atoms with Gasteiger partial charge in [0.1, 0.15) is 11.5 Å². The predicted octanol–water partition coefficient (Wildman–Crippen LogP) is 4.67. The van der Waals surface area contributed by atoms with E-state index in [1.165, 1.54) is 0 Å². The zero-order chi connectivity index (χ0) is 18.8. The van der Waals surface area contributed by atoms with Crippen molar-refractivity contribution < 1.29 is 10.2 Å². The SMILES string of the molecule is C=C/C(CNCc1ccccc1NCc1ccccc1O)=C(O)\C=C/C. The van der Waals surface area contributed by atoms with Crippen molar-refractivity contribution in [3.05, 3.63) is 95.8 Å². The average molecular weight is 350 g/mol. The van der Waals surface area contributed by atoms with Crippen LogP contribution in [-0.4, -0.2) is 16.8 Å². The topological polar surface area (TPSA) is 64.5 Å². The molecular weight excluding hydrogens is 324 g/mol. The molecule has 4 N–H and O–H groups in total. The summed E-state index contributed by atoms with van der Waals surface area (Å²) in [6.07, 6.45) is 5.10. The molecule has 0 saturated heterocycles. The normalized spacial score (nSPS) is 12.0. The molecule has 26 heavy (non-hydrogen) atoms. The monoisotopic (exact) mass is 350 g/mol. The number of rotatable bonds is 9. The molecule has 0 fully saturated rings. The van der Waals surface area contributed by atoms with Gasteiger partial charge in [0.05, 0.1) is 0 Å². The maximum atomic E-state index is 9.94. The fourth-order valence-electron chi connectivity index (χ4n) is 2.56. The Balaban J connectivity index is 1.99. The van der Waals surface area contributed by atoms with Crippen LogP contribution in [0.3, 0.4) is 0 Å². The van der Waals surface area contributed by atoms with Crippen LogP contribution in [0.5, 0.6) is 5.75 Å². The smallest absolute Gasteiger partial charge is 0.120 e. The van der Waals surface area contributed by atoms with Crippen molar-refractivity contribution in [3.63, 3.8) is 0 Å². The number of phenols is 1. The fourth-order valence-corrected chi connectivity index (χ4v) is 2.56. The number of aromatic hydroxyl groups is 1. The Kier molecular flexibility index (Phi) is 7.52. The van der Waals surface area contributed by atoms with Gasteiger partial charge in [-0.3, -0.25) is 0 Å². The van der Waals surface area contributed by atoms with E-state index in [1.807, 2.05) is 49.4 Å². The molecule has 4 heteroatoms. The molecule has 0 radical (unpaired) electrons. The summed E-state index contributed by atoms with van der Waals surface area (Å²) >= 11 is 0. The molecule has 0 aromatic heterocycles. The molecule has 2 rings (SSSR count). The summed E-state index contributed by atoms with van der Waals surface area (Å²) in [7, 11) is 0. The van der Waals surface area contributed by atoms with Crippen molar-refractivity contribution in [1.29, 1.82) is 0 Å². The largest absolute Gasteiger partial charge is 0.508 e. The van der Waals surface area contributed by atoms with E-state index < -0.39 is 0 Å². The van der Waals surface area contributed by atoms with Gasteiger partial charge < -0.3 is 20.8 Å². The van der Waals surface area contributed by atoms with E-state index in [2.05, 4.69) is 17.2 Å². The summed E-state index contributed by atoms with van der Waals surface area (Å²) in [6.45, 7) is 7.32. The molecule has 0 saturated carbocycles. The molecule has 0 spiro atoms. The number of anilines is 1. The van der Waals surface area contributed by atoms with E-state index in [0.29, 0.717) is 19.6 Å². The zero-order valence-corrected chi connectivity index (χ0v) is 15.1. The molecule has 0 atom stereocenters.